The minimum atomic E-state index is -0.307. The fourth-order valence-electron chi connectivity index (χ4n) is 3.28. The minimum absolute atomic E-state index is 0.237. The quantitative estimate of drug-likeness (QED) is 0.198. The molecule has 1 aliphatic heterocycles. The lowest BCUT2D eigenvalue weighted by Crippen LogP contribution is -2.27. The second kappa shape index (κ2) is 11.3. The van der Waals surface area contributed by atoms with Crippen molar-refractivity contribution >= 4 is 85.1 Å². The second-order valence-electron chi connectivity index (χ2n) is 7.29. The Kier molecular flexibility index (Phi) is 8.39. The number of ether oxygens (including phenoxy) is 2. The molecule has 1 amide bonds. The Labute approximate surface area is 230 Å². The van der Waals surface area contributed by atoms with Crippen LogP contribution in [-0.4, -0.2) is 16.8 Å². The maximum absolute atomic E-state index is 13.2. The molecule has 0 bridgehead atoms. The van der Waals surface area contributed by atoms with Crippen LogP contribution in [0, 0.1) is 5.82 Å². The van der Waals surface area contributed by atoms with E-state index in [2.05, 4.69) is 15.9 Å². The molecule has 0 aliphatic carbocycles. The number of rotatable bonds is 7. The molecule has 0 atom stereocenters. The molecule has 4 rings (SSSR count). The van der Waals surface area contributed by atoms with Crippen LogP contribution < -0.4 is 14.4 Å². The molecule has 0 N–H and O–H groups in total. The van der Waals surface area contributed by atoms with Gasteiger partial charge in [-0.25, -0.2) is 4.39 Å². The third kappa shape index (κ3) is 6.01. The van der Waals surface area contributed by atoms with Gasteiger partial charge in [-0.05, 0) is 82.5 Å². The third-order valence-electron chi connectivity index (χ3n) is 4.88. The highest BCUT2D eigenvalue weighted by molar-refractivity contribution is 9.10. The van der Waals surface area contributed by atoms with Gasteiger partial charge in [0.1, 0.15) is 12.4 Å². The van der Waals surface area contributed by atoms with Crippen molar-refractivity contribution in [3.63, 3.8) is 0 Å². The first-order valence-electron chi connectivity index (χ1n) is 10.3. The Hall–Kier alpha value is -2.10. The van der Waals surface area contributed by atoms with E-state index < -0.39 is 0 Å². The smallest absolute Gasteiger partial charge is 0.270 e. The zero-order valence-corrected chi connectivity index (χ0v) is 22.9. The lowest BCUT2D eigenvalue weighted by molar-refractivity contribution is -0.113. The molecule has 10 heteroatoms. The van der Waals surface area contributed by atoms with E-state index in [1.54, 1.807) is 42.5 Å². The van der Waals surface area contributed by atoms with Crippen molar-refractivity contribution in [2.75, 3.05) is 11.5 Å². The summed E-state index contributed by atoms with van der Waals surface area (Å²) in [6.45, 7) is 2.52. The first-order valence-corrected chi connectivity index (χ1v) is 13.1. The van der Waals surface area contributed by atoms with E-state index >= 15 is 0 Å². The average Bonchev–Trinajstić information content (AvgIpc) is 3.09. The number of carbonyl (C=O) groups is 1. The Balaban J connectivity index is 1.60. The van der Waals surface area contributed by atoms with Gasteiger partial charge in [-0.1, -0.05) is 59.3 Å². The molecule has 1 saturated heterocycles. The molecule has 1 aliphatic rings. The third-order valence-corrected chi connectivity index (χ3v) is 7.51. The van der Waals surface area contributed by atoms with Crippen LogP contribution in [0.4, 0.5) is 10.1 Å². The lowest BCUT2D eigenvalue weighted by atomic mass is 10.1. The topological polar surface area (TPSA) is 38.8 Å². The Morgan fingerprint density at radius 2 is 1.83 bits per heavy atom. The van der Waals surface area contributed by atoms with Gasteiger partial charge in [0, 0.05) is 0 Å². The summed E-state index contributed by atoms with van der Waals surface area (Å²) in [5.41, 5.74) is 2.09. The van der Waals surface area contributed by atoms with Crippen LogP contribution in [0.1, 0.15) is 18.1 Å². The van der Waals surface area contributed by atoms with E-state index in [1.165, 1.54) is 28.8 Å². The van der Waals surface area contributed by atoms with Crippen molar-refractivity contribution in [1.29, 1.82) is 0 Å². The molecule has 3 aromatic carbocycles. The number of halogens is 4. The molecular weight excluding hydrogens is 596 g/mol. The molecule has 1 heterocycles. The van der Waals surface area contributed by atoms with Gasteiger partial charge in [0.2, 0.25) is 0 Å². The fraction of sp³-hybridized carbons (Fsp3) is 0.120. The summed E-state index contributed by atoms with van der Waals surface area (Å²) in [6.07, 6.45) is 1.74. The molecule has 4 nitrogen and oxygen atoms in total. The highest BCUT2D eigenvalue weighted by Gasteiger charge is 2.33. The molecular formula is C25H17BrCl2FNO3S2. The van der Waals surface area contributed by atoms with Crippen molar-refractivity contribution < 1.29 is 18.7 Å². The Morgan fingerprint density at radius 1 is 1.09 bits per heavy atom. The van der Waals surface area contributed by atoms with Crippen molar-refractivity contribution in [3.8, 4) is 11.5 Å². The fourth-order valence-corrected chi connectivity index (χ4v) is 5.44. The van der Waals surface area contributed by atoms with Gasteiger partial charge in [-0.2, -0.15) is 0 Å². The standard InChI is InChI=1S/C25H17BrCl2FNO3S2/c1-2-32-21-10-15(9-18(26)23(21)33-13-14-3-5-16(29)6-4-14)11-22-24(31)30(25(34)35-22)17-7-8-19(27)20(28)12-17/h3-12H,2,13H2,1H3/b22-11+. The van der Waals surface area contributed by atoms with E-state index in [4.69, 9.17) is 44.9 Å². The van der Waals surface area contributed by atoms with E-state index in [9.17, 15) is 9.18 Å². The van der Waals surface area contributed by atoms with Crippen molar-refractivity contribution in [3.05, 3.63) is 91.0 Å². The highest BCUT2D eigenvalue weighted by Crippen LogP contribution is 2.41. The number of thiocarbonyl (C=S) groups is 1. The van der Waals surface area contributed by atoms with E-state index in [0.717, 1.165) is 11.1 Å². The highest BCUT2D eigenvalue weighted by atomic mass is 79.9. The summed E-state index contributed by atoms with van der Waals surface area (Å²) in [5, 5.41) is 0.732. The van der Waals surface area contributed by atoms with Crippen molar-refractivity contribution in [2.45, 2.75) is 13.5 Å². The molecule has 0 saturated carbocycles. The molecule has 3 aromatic rings. The van der Waals surface area contributed by atoms with Crippen LogP contribution in [0.15, 0.2) is 64.0 Å². The largest absolute Gasteiger partial charge is 0.490 e. The molecule has 35 heavy (non-hydrogen) atoms. The van der Waals surface area contributed by atoms with Gasteiger partial charge >= 0.3 is 0 Å². The van der Waals surface area contributed by atoms with Crippen molar-refractivity contribution in [2.24, 2.45) is 0 Å². The number of benzene rings is 3. The Bertz CT molecular complexity index is 1340. The number of anilines is 1. The molecule has 180 valence electrons. The first-order chi connectivity index (χ1) is 16.8. The van der Waals surface area contributed by atoms with Crippen LogP contribution in [0.2, 0.25) is 10.0 Å². The van der Waals surface area contributed by atoms with Crippen molar-refractivity contribution in [1.82, 2.24) is 0 Å². The number of thioether (sulfide) groups is 1. The van der Waals surface area contributed by atoms with E-state index in [0.29, 0.717) is 47.5 Å². The number of hydrogen-bond donors (Lipinski definition) is 0. The second-order valence-corrected chi connectivity index (χ2v) is 10.6. The maximum Gasteiger partial charge on any atom is 0.270 e. The lowest BCUT2D eigenvalue weighted by Gasteiger charge is -2.15. The van der Waals surface area contributed by atoms with Crippen LogP contribution in [0.25, 0.3) is 6.08 Å². The van der Waals surface area contributed by atoms with Crippen LogP contribution in [0.3, 0.4) is 0 Å². The minimum Gasteiger partial charge on any atom is -0.490 e. The zero-order chi connectivity index (χ0) is 25.1. The summed E-state index contributed by atoms with van der Waals surface area (Å²) in [6, 6.07) is 14.6. The average molecular weight is 613 g/mol. The molecule has 0 aromatic heterocycles. The van der Waals surface area contributed by atoms with Gasteiger partial charge in [0.05, 0.1) is 31.7 Å². The predicted molar refractivity (Wildman–Crippen MR) is 148 cm³/mol. The zero-order valence-electron chi connectivity index (χ0n) is 18.2. The van der Waals surface area contributed by atoms with Crippen LogP contribution in [0.5, 0.6) is 11.5 Å². The molecule has 1 fully saturated rings. The summed E-state index contributed by atoms with van der Waals surface area (Å²) in [4.78, 5) is 15.0. The SMILES string of the molecule is CCOc1cc(/C=C2/SC(=S)N(c3ccc(Cl)c(Cl)c3)C2=O)cc(Br)c1OCc1ccc(F)cc1. The monoisotopic (exact) mass is 611 g/mol. The predicted octanol–water partition coefficient (Wildman–Crippen LogP) is 8.28. The molecule has 0 unspecified atom stereocenters. The molecule has 0 radical (unpaired) electrons. The summed E-state index contributed by atoms with van der Waals surface area (Å²) in [7, 11) is 0. The van der Waals surface area contributed by atoms with Crippen LogP contribution in [-0.2, 0) is 11.4 Å². The summed E-state index contributed by atoms with van der Waals surface area (Å²) in [5.74, 6) is 0.454. The van der Waals surface area contributed by atoms with Crippen LogP contribution >= 0.6 is 63.1 Å². The number of hydrogen-bond acceptors (Lipinski definition) is 5. The van der Waals surface area contributed by atoms with Gasteiger partial charge in [0.15, 0.2) is 15.8 Å². The normalized spacial score (nSPS) is 14.7. The van der Waals surface area contributed by atoms with E-state index in [1.807, 2.05) is 13.0 Å². The first kappa shape index (κ1) is 26.0. The van der Waals surface area contributed by atoms with E-state index in [-0.39, 0.29) is 18.3 Å². The van der Waals surface area contributed by atoms with Gasteiger partial charge in [-0.15, -0.1) is 0 Å². The summed E-state index contributed by atoms with van der Waals surface area (Å²) < 4.78 is 26.0. The Morgan fingerprint density at radius 3 is 2.51 bits per heavy atom. The molecule has 0 spiro atoms. The summed E-state index contributed by atoms with van der Waals surface area (Å²) >= 11 is 22.3. The number of carbonyl (C=O) groups excluding carboxylic acids is 1. The number of amides is 1. The van der Waals surface area contributed by atoms with Gasteiger partial charge in [0.25, 0.3) is 5.91 Å². The van der Waals surface area contributed by atoms with Gasteiger partial charge < -0.3 is 9.47 Å². The number of nitrogens with zero attached hydrogens (tertiary/aromatic N) is 1. The maximum atomic E-state index is 13.2. The van der Waals surface area contributed by atoms with Gasteiger partial charge in [-0.3, -0.25) is 9.69 Å².